The Kier molecular flexibility index (Phi) is 2.86. The van der Waals surface area contributed by atoms with Crippen molar-refractivity contribution in [3.8, 4) is 0 Å². The lowest BCUT2D eigenvalue weighted by molar-refractivity contribution is -0.146. The fraction of sp³-hybridized carbons (Fsp3) is 0.333. The van der Waals surface area contributed by atoms with E-state index in [9.17, 15) is 9.59 Å². The highest BCUT2D eigenvalue weighted by Crippen LogP contribution is 2.20. The number of carbonyl (C=O) groups is 1. The number of rotatable bonds is 4. The molecule has 0 unspecified atom stereocenters. The second-order valence-corrected chi connectivity index (χ2v) is 4.77. The summed E-state index contributed by atoms with van der Waals surface area (Å²) >= 11 is 0. The number of carboxylic acids is 1. The predicted molar refractivity (Wildman–Crippen MR) is 66.7 cm³/mol. The third-order valence-corrected chi connectivity index (χ3v) is 2.73. The van der Waals surface area contributed by atoms with Crippen LogP contribution in [0.2, 0.25) is 0 Å². The molecule has 1 aromatic carbocycles. The van der Waals surface area contributed by atoms with Gasteiger partial charge in [0.25, 0.3) is 0 Å². The summed E-state index contributed by atoms with van der Waals surface area (Å²) in [6, 6.07) is 5.12. The molecule has 0 saturated carbocycles. The highest BCUT2D eigenvalue weighted by atomic mass is 16.4. The van der Waals surface area contributed by atoms with Crippen LogP contribution in [0, 0.1) is 5.41 Å². The Morgan fingerprint density at radius 3 is 2.89 bits per heavy atom. The summed E-state index contributed by atoms with van der Waals surface area (Å²) in [5.41, 5.74) is 0.897. The molecule has 0 spiro atoms. The minimum atomic E-state index is -0.871. The zero-order valence-electron chi connectivity index (χ0n) is 10.1. The van der Waals surface area contributed by atoms with Crippen molar-refractivity contribution in [2.45, 2.75) is 13.8 Å². The quantitative estimate of drug-likeness (QED) is 0.766. The molecule has 0 radical (unpaired) electrons. The molecule has 0 amide bonds. The van der Waals surface area contributed by atoms with Crippen LogP contribution in [0.1, 0.15) is 13.8 Å². The number of hydrogen-bond donors (Lipinski definition) is 3. The number of aromatic nitrogens is 1. The number of hydrogen-bond acceptors (Lipinski definition) is 4. The van der Waals surface area contributed by atoms with Gasteiger partial charge in [0.1, 0.15) is 0 Å². The molecule has 0 aliphatic carbocycles. The van der Waals surface area contributed by atoms with Crippen LogP contribution in [0.3, 0.4) is 0 Å². The van der Waals surface area contributed by atoms with Gasteiger partial charge in [-0.05, 0) is 26.0 Å². The first kappa shape index (κ1) is 12.2. The van der Waals surface area contributed by atoms with Crippen LogP contribution in [-0.4, -0.2) is 22.6 Å². The van der Waals surface area contributed by atoms with Crippen LogP contribution in [0.25, 0.3) is 11.1 Å². The van der Waals surface area contributed by atoms with Gasteiger partial charge >= 0.3 is 11.7 Å². The predicted octanol–water partition coefficient (Wildman–Crippen LogP) is 1.64. The summed E-state index contributed by atoms with van der Waals surface area (Å²) < 4.78 is 4.92. The van der Waals surface area contributed by atoms with E-state index in [1.54, 1.807) is 32.0 Å². The molecule has 0 aliphatic rings. The molecule has 0 aliphatic heterocycles. The highest BCUT2D eigenvalue weighted by Gasteiger charge is 2.26. The molecule has 6 heteroatoms. The Morgan fingerprint density at radius 2 is 2.22 bits per heavy atom. The minimum absolute atomic E-state index is 0.280. The summed E-state index contributed by atoms with van der Waals surface area (Å²) in [6.45, 7) is 3.55. The number of carboxylic acid groups (broad SMARTS) is 1. The maximum absolute atomic E-state index is 11.0. The number of anilines is 1. The zero-order chi connectivity index (χ0) is 13.3. The first-order valence-electron chi connectivity index (χ1n) is 5.49. The van der Waals surface area contributed by atoms with Crippen molar-refractivity contribution >= 4 is 22.8 Å². The van der Waals surface area contributed by atoms with Crippen molar-refractivity contribution in [1.82, 2.24) is 4.98 Å². The fourth-order valence-corrected chi connectivity index (χ4v) is 1.45. The van der Waals surface area contributed by atoms with Gasteiger partial charge in [-0.3, -0.25) is 9.78 Å². The van der Waals surface area contributed by atoms with Crippen LogP contribution < -0.4 is 11.1 Å². The Balaban J connectivity index is 2.17. The average Bonchev–Trinajstić information content (AvgIpc) is 2.65. The van der Waals surface area contributed by atoms with E-state index in [0.717, 1.165) is 0 Å². The topological polar surface area (TPSA) is 95.3 Å². The molecule has 0 atom stereocenters. The van der Waals surface area contributed by atoms with Gasteiger partial charge in [-0.25, -0.2) is 4.79 Å². The average molecular weight is 250 g/mol. The number of aromatic amines is 1. The summed E-state index contributed by atoms with van der Waals surface area (Å²) in [5, 5.41) is 12.0. The summed E-state index contributed by atoms with van der Waals surface area (Å²) in [7, 11) is 0. The second-order valence-electron chi connectivity index (χ2n) is 4.77. The van der Waals surface area contributed by atoms with E-state index in [0.29, 0.717) is 16.8 Å². The molecular formula is C12H14N2O4. The smallest absolute Gasteiger partial charge is 0.417 e. The second kappa shape index (κ2) is 4.21. The van der Waals surface area contributed by atoms with E-state index in [1.165, 1.54) is 0 Å². The Bertz CT molecular complexity index is 639. The van der Waals surface area contributed by atoms with Gasteiger partial charge in [0.05, 0.1) is 10.9 Å². The standard InChI is InChI=1S/C12H14N2O4/c1-12(2,10(15)16)6-13-7-3-4-8-9(5-7)18-11(17)14-8/h3-5,13H,6H2,1-2H3,(H,14,17)(H,15,16). The van der Waals surface area contributed by atoms with Crippen LogP contribution in [0.15, 0.2) is 27.4 Å². The van der Waals surface area contributed by atoms with Crippen LogP contribution in [-0.2, 0) is 4.79 Å². The summed E-state index contributed by atoms with van der Waals surface area (Å²) in [5.74, 6) is -1.38. The third kappa shape index (κ3) is 2.37. The molecule has 96 valence electrons. The van der Waals surface area contributed by atoms with E-state index in [4.69, 9.17) is 9.52 Å². The van der Waals surface area contributed by atoms with Gasteiger partial charge in [-0.2, -0.15) is 0 Å². The van der Waals surface area contributed by atoms with Crippen molar-refractivity contribution in [3.63, 3.8) is 0 Å². The van der Waals surface area contributed by atoms with Gasteiger partial charge in [0.15, 0.2) is 5.58 Å². The number of fused-ring (bicyclic) bond motifs is 1. The van der Waals surface area contributed by atoms with Crippen LogP contribution >= 0.6 is 0 Å². The molecule has 2 aromatic rings. The number of benzene rings is 1. The molecule has 6 nitrogen and oxygen atoms in total. The monoisotopic (exact) mass is 250 g/mol. The highest BCUT2D eigenvalue weighted by molar-refractivity contribution is 5.77. The number of H-pyrrole nitrogens is 1. The Hall–Kier alpha value is -2.24. The lowest BCUT2D eigenvalue weighted by Crippen LogP contribution is -2.31. The van der Waals surface area contributed by atoms with Crippen molar-refractivity contribution in [2.24, 2.45) is 5.41 Å². The molecule has 0 bridgehead atoms. The lowest BCUT2D eigenvalue weighted by atomic mass is 9.94. The van der Waals surface area contributed by atoms with Gasteiger partial charge in [-0.15, -0.1) is 0 Å². The number of oxazole rings is 1. The molecule has 3 N–H and O–H groups in total. The first-order valence-corrected chi connectivity index (χ1v) is 5.49. The maximum atomic E-state index is 11.0. The fourth-order valence-electron chi connectivity index (χ4n) is 1.45. The van der Waals surface area contributed by atoms with Gasteiger partial charge < -0.3 is 14.8 Å². The van der Waals surface area contributed by atoms with E-state index >= 15 is 0 Å². The largest absolute Gasteiger partial charge is 0.481 e. The molecule has 1 heterocycles. The summed E-state index contributed by atoms with van der Waals surface area (Å²) in [6.07, 6.45) is 0. The summed E-state index contributed by atoms with van der Waals surface area (Å²) in [4.78, 5) is 24.5. The first-order chi connectivity index (χ1) is 8.38. The van der Waals surface area contributed by atoms with Crippen molar-refractivity contribution < 1.29 is 14.3 Å². The van der Waals surface area contributed by atoms with Gasteiger partial charge in [0.2, 0.25) is 0 Å². The molecular weight excluding hydrogens is 236 g/mol. The molecule has 0 fully saturated rings. The van der Waals surface area contributed by atoms with Gasteiger partial charge in [-0.1, -0.05) is 0 Å². The Morgan fingerprint density at radius 1 is 1.50 bits per heavy atom. The Labute approximate surface area is 103 Å². The maximum Gasteiger partial charge on any atom is 0.417 e. The van der Waals surface area contributed by atoms with Crippen molar-refractivity contribution in [3.05, 3.63) is 28.7 Å². The molecule has 2 rings (SSSR count). The zero-order valence-corrected chi connectivity index (χ0v) is 10.1. The third-order valence-electron chi connectivity index (χ3n) is 2.73. The lowest BCUT2D eigenvalue weighted by Gasteiger charge is -2.20. The SMILES string of the molecule is CC(C)(CNc1ccc2[nH]c(=O)oc2c1)C(=O)O. The van der Waals surface area contributed by atoms with Crippen LogP contribution in [0.5, 0.6) is 0 Å². The van der Waals surface area contributed by atoms with E-state index in [-0.39, 0.29) is 6.54 Å². The number of aliphatic carboxylic acids is 1. The van der Waals surface area contributed by atoms with E-state index in [1.807, 2.05) is 0 Å². The minimum Gasteiger partial charge on any atom is -0.481 e. The van der Waals surface area contributed by atoms with E-state index < -0.39 is 17.1 Å². The van der Waals surface area contributed by atoms with E-state index in [2.05, 4.69) is 10.3 Å². The van der Waals surface area contributed by atoms with Crippen molar-refractivity contribution in [1.29, 1.82) is 0 Å². The van der Waals surface area contributed by atoms with Crippen molar-refractivity contribution in [2.75, 3.05) is 11.9 Å². The molecule has 18 heavy (non-hydrogen) atoms. The molecule has 1 aromatic heterocycles. The molecule has 0 saturated heterocycles. The normalized spacial score (nSPS) is 11.7. The van der Waals surface area contributed by atoms with Gasteiger partial charge in [0, 0.05) is 18.3 Å². The number of nitrogens with one attached hydrogen (secondary N) is 2. The van der Waals surface area contributed by atoms with Crippen LogP contribution in [0.4, 0.5) is 5.69 Å².